The number of carbonyl (C=O) groups excluding carboxylic acids is 1. The van der Waals surface area contributed by atoms with Gasteiger partial charge in [-0.15, -0.1) is 0 Å². The quantitative estimate of drug-likeness (QED) is 0.485. The van der Waals surface area contributed by atoms with Crippen LogP contribution in [0.15, 0.2) is 18.2 Å². The number of rotatable bonds is 6. The first kappa shape index (κ1) is 19.2. The van der Waals surface area contributed by atoms with E-state index >= 15 is 0 Å². The van der Waals surface area contributed by atoms with Crippen molar-refractivity contribution in [2.75, 3.05) is 27.7 Å². The van der Waals surface area contributed by atoms with Crippen LogP contribution in [0.5, 0.6) is 5.75 Å². The molecule has 1 aliphatic carbocycles. The van der Waals surface area contributed by atoms with Crippen LogP contribution in [0.2, 0.25) is 0 Å². The summed E-state index contributed by atoms with van der Waals surface area (Å²) in [6, 6.07) is 4.06. The second-order valence-corrected chi connectivity index (χ2v) is 6.86. The third kappa shape index (κ3) is 4.48. The molecule has 0 aliphatic heterocycles. The average Bonchev–Trinajstić information content (AvgIpc) is 2.85. The number of hydrogen-bond acceptors (Lipinski definition) is 5. The number of nitrogens with zero attached hydrogens (tertiary/aromatic N) is 2. The van der Waals surface area contributed by atoms with Crippen LogP contribution in [0, 0.1) is 10.1 Å². The summed E-state index contributed by atoms with van der Waals surface area (Å²) in [5, 5.41) is 14.0. The Labute approximate surface area is 148 Å². The van der Waals surface area contributed by atoms with Gasteiger partial charge in [0.05, 0.1) is 17.6 Å². The van der Waals surface area contributed by atoms with Gasteiger partial charge in [0.2, 0.25) is 0 Å². The van der Waals surface area contributed by atoms with Gasteiger partial charge < -0.3 is 15.0 Å². The van der Waals surface area contributed by atoms with Crippen molar-refractivity contribution < 1.29 is 14.5 Å². The maximum Gasteiger partial charge on any atom is 0.270 e. The van der Waals surface area contributed by atoms with Gasteiger partial charge in [-0.25, -0.2) is 0 Å². The van der Waals surface area contributed by atoms with Crippen molar-refractivity contribution in [3.63, 3.8) is 0 Å². The van der Waals surface area contributed by atoms with Crippen molar-refractivity contribution in [3.8, 4) is 5.75 Å². The van der Waals surface area contributed by atoms with Crippen LogP contribution < -0.4 is 10.1 Å². The molecule has 7 nitrogen and oxygen atoms in total. The van der Waals surface area contributed by atoms with Gasteiger partial charge in [0.25, 0.3) is 11.6 Å². The summed E-state index contributed by atoms with van der Waals surface area (Å²) in [6.45, 7) is 0.519. The SMILES string of the molecule is COc1ccc([N+](=O)[O-])cc1C(=O)NCC1(N(C)C)CCCCCC1. The van der Waals surface area contributed by atoms with Crippen molar-refractivity contribution in [2.24, 2.45) is 0 Å². The Morgan fingerprint density at radius 3 is 2.44 bits per heavy atom. The van der Waals surface area contributed by atoms with Gasteiger partial charge in [0.15, 0.2) is 0 Å². The van der Waals surface area contributed by atoms with Gasteiger partial charge in [0.1, 0.15) is 5.75 Å². The minimum Gasteiger partial charge on any atom is -0.496 e. The lowest BCUT2D eigenvalue weighted by atomic mass is 9.88. The molecule has 0 radical (unpaired) electrons. The molecule has 1 aromatic carbocycles. The fraction of sp³-hybridized carbons (Fsp3) is 0.611. The lowest BCUT2D eigenvalue weighted by molar-refractivity contribution is -0.384. The number of carbonyl (C=O) groups is 1. The molecule has 0 atom stereocenters. The van der Waals surface area contributed by atoms with E-state index in [1.54, 1.807) is 0 Å². The lowest BCUT2D eigenvalue weighted by Crippen LogP contribution is -2.52. The minimum atomic E-state index is -0.511. The van der Waals surface area contributed by atoms with Gasteiger partial charge in [-0.3, -0.25) is 14.9 Å². The van der Waals surface area contributed by atoms with E-state index in [2.05, 4.69) is 10.2 Å². The number of amides is 1. The third-order valence-corrected chi connectivity index (χ3v) is 5.20. The Kier molecular flexibility index (Phi) is 6.36. The van der Waals surface area contributed by atoms with Crippen LogP contribution in [-0.2, 0) is 0 Å². The van der Waals surface area contributed by atoms with Crippen LogP contribution in [-0.4, -0.2) is 49.0 Å². The molecule has 1 amide bonds. The molecule has 0 spiro atoms. The highest BCUT2D eigenvalue weighted by atomic mass is 16.6. The second kappa shape index (κ2) is 8.29. The van der Waals surface area contributed by atoms with E-state index < -0.39 is 4.92 Å². The Bertz CT molecular complexity index is 623. The highest BCUT2D eigenvalue weighted by Gasteiger charge is 2.33. The summed E-state index contributed by atoms with van der Waals surface area (Å²) in [5.41, 5.74) is 0.00193. The number of methoxy groups -OCH3 is 1. The molecule has 1 N–H and O–H groups in total. The molecule has 0 unspecified atom stereocenters. The highest BCUT2D eigenvalue weighted by Crippen LogP contribution is 2.31. The Morgan fingerprint density at radius 1 is 1.28 bits per heavy atom. The maximum absolute atomic E-state index is 12.7. The number of non-ortho nitro benzene ring substituents is 1. The zero-order chi connectivity index (χ0) is 18.4. The molecule has 1 fully saturated rings. The molecule has 0 bridgehead atoms. The first-order valence-electron chi connectivity index (χ1n) is 8.68. The number of nitrogens with one attached hydrogen (secondary N) is 1. The van der Waals surface area contributed by atoms with Crippen LogP contribution >= 0.6 is 0 Å². The largest absolute Gasteiger partial charge is 0.496 e. The van der Waals surface area contributed by atoms with Gasteiger partial charge in [-0.1, -0.05) is 25.7 Å². The molecule has 0 heterocycles. The van der Waals surface area contributed by atoms with E-state index in [0.717, 1.165) is 25.7 Å². The number of benzene rings is 1. The Balaban J connectivity index is 2.18. The van der Waals surface area contributed by atoms with Crippen molar-refractivity contribution in [3.05, 3.63) is 33.9 Å². The van der Waals surface area contributed by atoms with E-state index in [-0.39, 0.29) is 22.7 Å². The smallest absolute Gasteiger partial charge is 0.270 e. The topological polar surface area (TPSA) is 84.7 Å². The number of nitro groups is 1. The number of hydrogen-bond donors (Lipinski definition) is 1. The lowest BCUT2D eigenvalue weighted by Gasteiger charge is -2.39. The molecule has 1 saturated carbocycles. The molecular weight excluding hydrogens is 322 g/mol. The summed E-state index contributed by atoms with van der Waals surface area (Å²) >= 11 is 0. The van der Waals surface area contributed by atoms with Gasteiger partial charge >= 0.3 is 0 Å². The Morgan fingerprint density at radius 2 is 1.92 bits per heavy atom. The number of likely N-dealkylation sites (N-methyl/N-ethyl adjacent to an activating group) is 1. The normalized spacial score (nSPS) is 17.0. The first-order chi connectivity index (χ1) is 11.9. The Hall–Kier alpha value is -2.15. The van der Waals surface area contributed by atoms with Gasteiger partial charge in [0, 0.05) is 24.2 Å². The molecule has 0 aromatic heterocycles. The molecule has 0 saturated heterocycles. The molecule has 2 rings (SSSR count). The molecular formula is C18H27N3O4. The summed E-state index contributed by atoms with van der Waals surface area (Å²) in [6.07, 6.45) is 6.81. The molecule has 138 valence electrons. The monoisotopic (exact) mass is 349 g/mol. The van der Waals surface area contributed by atoms with E-state index in [9.17, 15) is 14.9 Å². The average molecular weight is 349 g/mol. The van der Waals surface area contributed by atoms with E-state index in [1.807, 2.05) is 14.1 Å². The zero-order valence-corrected chi connectivity index (χ0v) is 15.2. The molecule has 7 heteroatoms. The van der Waals surface area contributed by atoms with Crippen LogP contribution in [0.4, 0.5) is 5.69 Å². The number of ether oxygens (including phenoxy) is 1. The van der Waals surface area contributed by atoms with Crippen molar-refractivity contribution >= 4 is 11.6 Å². The molecule has 1 aliphatic rings. The fourth-order valence-corrected chi connectivity index (χ4v) is 3.50. The minimum absolute atomic E-state index is 0.0693. The maximum atomic E-state index is 12.7. The highest BCUT2D eigenvalue weighted by molar-refractivity contribution is 5.97. The standard InChI is InChI=1S/C18H27N3O4/c1-20(2)18(10-6-4-5-7-11-18)13-19-17(22)15-12-14(21(23)24)8-9-16(15)25-3/h8-9,12H,4-7,10-11,13H2,1-3H3,(H,19,22). The molecule has 1 aromatic rings. The predicted octanol–water partition coefficient (Wildman–Crippen LogP) is 2.99. The zero-order valence-electron chi connectivity index (χ0n) is 15.2. The predicted molar refractivity (Wildman–Crippen MR) is 96.1 cm³/mol. The van der Waals surface area contributed by atoms with Crippen molar-refractivity contribution in [1.82, 2.24) is 10.2 Å². The van der Waals surface area contributed by atoms with Crippen LogP contribution in [0.3, 0.4) is 0 Å². The summed E-state index contributed by atoms with van der Waals surface area (Å²) < 4.78 is 5.19. The van der Waals surface area contributed by atoms with Gasteiger partial charge in [-0.2, -0.15) is 0 Å². The van der Waals surface area contributed by atoms with Crippen molar-refractivity contribution in [1.29, 1.82) is 0 Å². The van der Waals surface area contributed by atoms with E-state index in [4.69, 9.17) is 4.74 Å². The van der Waals surface area contributed by atoms with Crippen LogP contribution in [0.25, 0.3) is 0 Å². The molecule has 25 heavy (non-hydrogen) atoms. The number of nitro benzene ring substituents is 1. The summed E-state index contributed by atoms with van der Waals surface area (Å²) in [4.78, 5) is 25.3. The second-order valence-electron chi connectivity index (χ2n) is 6.86. The van der Waals surface area contributed by atoms with E-state index in [0.29, 0.717) is 12.3 Å². The summed E-state index contributed by atoms with van der Waals surface area (Å²) in [5.74, 6) is -0.00566. The van der Waals surface area contributed by atoms with E-state index in [1.165, 1.54) is 38.2 Å². The van der Waals surface area contributed by atoms with Crippen molar-refractivity contribution in [2.45, 2.75) is 44.1 Å². The van der Waals surface area contributed by atoms with Crippen LogP contribution in [0.1, 0.15) is 48.9 Å². The first-order valence-corrected chi connectivity index (χ1v) is 8.68. The fourth-order valence-electron chi connectivity index (χ4n) is 3.50. The third-order valence-electron chi connectivity index (χ3n) is 5.20. The van der Waals surface area contributed by atoms with Gasteiger partial charge in [-0.05, 0) is 33.0 Å². The summed E-state index contributed by atoms with van der Waals surface area (Å²) in [7, 11) is 5.54.